The number of unbranched alkanes of at least 4 members (excludes halogenated alkanes) is 25. The van der Waals surface area contributed by atoms with Gasteiger partial charge in [-0.15, -0.1) is 0 Å². The zero-order valence-electron chi connectivity index (χ0n) is 44.8. The molecular weight excluding hydrogens is 864 g/mol. The number of amides is 1. The first-order valence-electron chi connectivity index (χ1n) is 27.9. The van der Waals surface area contributed by atoms with Crippen molar-refractivity contribution in [3.8, 4) is 0 Å². The maximum Gasteiger partial charge on any atom is 0.268 e. The van der Waals surface area contributed by atoms with E-state index in [2.05, 4.69) is 92.1 Å². The number of allylic oxidation sites excluding steroid dienone is 13. The van der Waals surface area contributed by atoms with Crippen molar-refractivity contribution < 1.29 is 32.9 Å². The minimum absolute atomic E-state index is 0.00802. The lowest BCUT2D eigenvalue weighted by atomic mass is 10.0. The topological polar surface area (TPSA) is 108 Å². The average molecular weight is 971 g/mol. The fraction of sp³-hybridized carbons (Fsp3) is 0.746. The lowest BCUT2D eigenvalue weighted by Gasteiger charge is -2.29. The molecule has 0 rings (SSSR count). The van der Waals surface area contributed by atoms with Crippen LogP contribution in [0.4, 0.5) is 0 Å². The van der Waals surface area contributed by atoms with E-state index < -0.39 is 26.6 Å². The number of aliphatic hydroxyl groups excluding tert-OH is 1. The van der Waals surface area contributed by atoms with Crippen LogP contribution in [0.15, 0.2) is 85.1 Å². The molecule has 0 aliphatic carbocycles. The third kappa shape index (κ3) is 51.5. The van der Waals surface area contributed by atoms with Crippen molar-refractivity contribution in [2.75, 3.05) is 40.9 Å². The van der Waals surface area contributed by atoms with Crippen LogP contribution in [0.5, 0.6) is 0 Å². The molecule has 0 aliphatic heterocycles. The Labute approximate surface area is 420 Å². The Morgan fingerprint density at radius 2 is 0.912 bits per heavy atom. The van der Waals surface area contributed by atoms with Gasteiger partial charge in [0.05, 0.1) is 39.9 Å². The largest absolute Gasteiger partial charge is 0.756 e. The summed E-state index contributed by atoms with van der Waals surface area (Å²) in [6, 6.07) is -0.901. The molecule has 1 amide bonds. The maximum absolute atomic E-state index is 12.8. The minimum atomic E-state index is -4.59. The third-order valence-corrected chi connectivity index (χ3v) is 13.0. The molecular formula is C59H107N2O6P. The molecule has 9 heteroatoms. The molecule has 0 radical (unpaired) electrons. The van der Waals surface area contributed by atoms with Crippen LogP contribution in [-0.2, 0) is 18.4 Å². The lowest BCUT2D eigenvalue weighted by molar-refractivity contribution is -0.870. The molecule has 0 heterocycles. The number of nitrogens with zero attached hydrogens (tertiary/aromatic N) is 1. The van der Waals surface area contributed by atoms with Gasteiger partial charge in [0.25, 0.3) is 7.82 Å². The summed E-state index contributed by atoms with van der Waals surface area (Å²) in [4.78, 5) is 25.2. The first-order chi connectivity index (χ1) is 33.0. The van der Waals surface area contributed by atoms with Gasteiger partial charge in [-0.1, -0.05) is 240 Å². The number of nitrogens with one attached hydrogen (secondary N) is 1. The molecule has 0 aromatic rings. The number of hydrogen-bond donors (Lipinski definition) is 2. The molecule has 2 N–H and O–H groups in total. The van der Waals surface area contributed by atoms with Gasteiger partial charge in [0.15, 0.2) is 0 Å². The lowest BCUT2D eigenvalue weighted by Crippen LogP contribution is -2.45. The highest BCUT2D eigenvalue weighted by Gasteiger charge is 2.23. The monoisotopic (exact) mass is 971 g/mol. The number of rotatable bonds is 50. The Balaban J connectivity index is 3.79. The highest BCUT2D eigenvalue weighted by atomic mass is 31.2. The molecule has 0 fully saturated rings. The van der Waals surface area contributed by atoms with Crippen LogP contribution in [0.3, 0.4) is 0 Å². The SMILES string of the molecule is CC/C=C\C/C=C\C/C=C\C/C=C\C/C=C\CCCCCCCCCCCCCCCCCCCCCCCCCC(=O)NC(COP(=O)([O-])OCC[N+](C)(C)C)C(O)/C=C/CC/C=C/CCC. The van der Waals surface area contributed by atoms with Crippen molar-refractivity contribution in [2.24, 2.45) is 0 Å². The zero-order chi connectivity index (χ0) is 49.9. The predicted octanol–water partition coefficient (Wildman–Crippen LogP) is 16.2. The summed E-state index contributed by atoms with van der Waals surface area (Å²) in [5, 5.41) is 13.7. The molecule has 0 saturated carbocycles. The molecule has 3 atom stereocenters. The number of hydrogen-bond acceptors (Lipinski definition) is 6. The summed E-state index contributed by atoms with van der Waals surface area (Å²) in [7, 11) is 1.24. The number of carbonyl (C=O) groups is 1. The van der Waals surface area contributed by atoms with E-state index >= 15 is 0 Å². The molecule has 0 spiro atoms. The van der Waals surface area contributed by atoms with Crippen molar-refractivity contribution in [3.05, 3.63) is 85.1 Å². The Morgan fingerprint density at radius 1 is 0.529 bits per heavy atom. The van der Waals surface area contributed by atoms with Crippen LogP contribution in [0, 0.1) is 0 Å². The predicted molar refractivity (Wildman–Crippen MR) is 293 cm³/mol. The van der Waals surface area contributed by atoms with Gasteiger partial charge >= 0.3 is 0 Å². The summed E-state index contributed by atoms with van der Waals surface area (Å²) >= 11 is 0. The van der Waals surface area contributed by atoms with Crippen molar-refractivity contribution in [3.63, 3.8) is 0 Å². The van der Waals surface area contributed by atoms with E-state index in [1.54, 1.807) is 6.08 Å². The molecule has 0 aliphatic rings. The van der Waals surface area contributed by atoms with Gasteiger partial charge in [-0.05, 0) is 70.6 Å². The Bertz CT molecular complexity index is 1380. The van der Waals surface area contributed by atoms with Crippen molar-refractivity contribution in [1.82, 2.24) is 5.32 Å². The minimum Gasteiger partial charge on any atom is -0.756 e. The van der Waals surface area contributed by atoms with Gasteiger partial charge < -0.3 is 28.8 Å². The molecule has 3 unspecified atom stereocenters. The second-order valence-electron chi connectivity index (χ2n) is 19.9. The van der Waals surface area contributed by atoms with Crippen molar-refractivity contribution in [2.45, 2.75) is 244 Å². The van der Waals surface area contributed by atoms with E-state index in [9.17, 15) is 19.4 Å². The highest BCUT2D eigenvalue weighted by Crippen LogP contribution is 2.38. The fourth-order valence-corrected chi connectivity index (χ4v) is 8.46. The highest BCUT2D eigenvalue weighted by molar-refractivity contribution is 7.45. The molecule has 394 valence electrons. The van der Waals surface area contributed by atoms with Gasteiger partial charge in [-0.2, -0.15) is 0 Å². The second-order valence-corrected chi connectivity index (χ2v) is 21.3. The Kier molecular flexibility index (Phi) is 48.0. The van der Waals surface area contributed by atoms with E-state index in [1.807, 2.05) is 27.2 Å². The number of carbonyl (C=O) groups excluding carboxylic acids is 1. The molecule has 68 heavy (non-hydrogen) atoms. The van der Waals surface area contributed by atoms with E-state index in [0.717, 1.165) is 77.0 Å². The quantitative estimate of drug-likeness (QED) is 0.0272. The van der Waals surface area contributed by atoms with Crippen LogP contribution in [0.2, 0.25) is 0 Å². The Morgan fingerprint density at radius 3 is 1.35 bits per heavy atom. The molecule has 0 bridgehead atoms. The van der Waals surface area contributed by atoms with Crippen LogP contribution >= 0.6 is 7.82 Å². The van der Waals surface area contributed by atoms with Gasteiger partial charge in [0.2, 0.25) is 5.91 Å². The van der Waals surface area contributed by atoms with Gasteiger partial charge in [0.1, 0.15) is 13.2 Å². The Hall–Kier alpha value is -2.32. The summed E-state index contributed by atoms with van der Waals surface area (Å²) in [5.41, 5.74) is 0. The number of aliphatic hydroxyl groups is 1. The van der Waals surface area contributed by atoms with Crippen molar-refractivity contribution in [1.29, 1.82) is 0 Å². The number of likely N-dealkylation sites (N-methyl/N-ethyl adjacent to an activating group) is 1. The van der Waals surface area contributed by atoms with E-state index in [1.165, 1.54) is 135 Å². The standard InChI is InChI=1S/C59H107N2O6P/c1-6-8-10-12-14-15-16-17-18-19-20-21-22-23-24-25-26-27-28-29-30-31-32-33-34-35-36-37-38-39-40-41-42-43-44-45-47-49-51-53-59(63)60-57(58(62)52-50-48-46-13-11-9-7-2)56-67-68(64,65)66-55-54-61(3,4)5/h8,10-11,13-15,17-18,20-21,23-24,50,52,57-58,62H,6-7,9,12,16,19,22,25-49,51,53-56H2,1-5H3,(H-,60,63,64,65)/b10-8-,13-11+,15-14-,18-17-,21-20-,24-23-,52-50+. The zero-order valence-corrected chi connectivity index (χ0v) is 45.7. The number of phosphoric acid groups is 1. The smallest absolute Gasteiger partial charge is 0.268 e. The average Bonchev–Trinajstić information content (AvgIpc) is 3.30. The molecule has 0 saturated heterocycles. The summed E-state index contributed by atoms with van der Waals surface area (Å²) < 4.78 is 23.1. The van der Waals surface area contributed by atoms with Crippen LogP contribution in [-0.4, -0.2) is 68.5 Å². The first-order valence-corrected chi connectivity index (χ1v) is 29.4. The van der Waals surface area contributed by atoms with Gasteiger partial charge in [-0.25, -0.2) is 0 Å². The number of phosphoric ester groups is 1. The van der Waals surface area contributed by atoms with Crippen LogP contribution in [0.25, 0.3) is 0 Å². The number of quaternary nitrogens is 1. The van der Waals surface area contributed by atoms with E-state index in [0.29, 0.717) is 17.4 Å². The first kappa shape index (κ1) is 65.7. The molecule has 0 aromatic heterocycles. The van der Waals surface area contributed by atoms with E-state index in [4.69, 9.17) is 9.05 Å². The maximum atomic E-state index is 12.8. The van der Waals surface area contributed by atoms with Gasteiger partial charge in [0, 0.05) is 6.42 Å². The fourth-order valence-electron chi connectivity index (χ4n) is 7.73. The normalized spacial score (nSPS) is 14.6. The van der Waals surface area contributed by atoms with Crippen LogP contribution in [0.1, 0.15) is 232 Å². The van der Waals surface area contributed by atoms with Crippen molar-refractivity contribution >= 4 is 13.7 Å². The molecule has 0 aromatic carbocycles. The summed E-state index contributed by atoms with van der Waals surface area (Å²) in [6.07, 6.45) is 70.1. The summed E-state index contributed by atoms with van der Waals surface area (Å²) in [6.45, 7) is 4.40. The summed E-state index contributed by atoms with van der Waals surface area (Å²) in [5.74, 6) is -0.211. The van der Waals surface area contributed by atoms with Crippen LogP contribution < -0.4 is 10.2 Å². The third-order valence-electron chi connectivity index (χ3n) is 12.1. The van der Waals surface area contributed by atoms with Gasteiger partial charge in [-0.3, -0.25) is 9.36 Å². The second kappa shape index (κ2) is 49.7. The van der Waals surface area contributed by atoms with E-state index in [-0.39, 0.29) is 12.5 Å². The molecule has 8 nitrogen and oxygen atoms in total.